The monoisotopic (exact) mass is 349 g/mol. The predicted molar refractivity (Wildman–Crippen MR) is 93.3 cm³/mol. The Morgan fingerprint density at radius 2 is 1.85 bits per heavy atom. The normalized spacial score (nSPS) is 14.5. The molecule has 4 rings (SSSR count). The number of fused-ring (bicyclic) bond motifs is 3. The van der Waals surface area contributed by atoms with Crippen LogP contribution in [0.5, 0.6) is 17.2 Å². The van der Waals surface area contributed by atoms with E-state index < -0.39 is 22.1 Å². The van der Waals surface area contributed by atoms with Crippen LogP contribution >= 0.6 is 0 Å². The zero-order chi connectivity index (χ0) is 18.4. The van der Waals surface area contributed by atoms with Crippen molar-refractivity contribution in [2.75, 3.05) is 0 Å². The first-order valence-electron chi connectivity index (χ1n) is 7.62. The first-order chi connectivity index (χ1) is 12.5. The molecular weight excluding hydrogens is 338 g/mol. The summed E-state index contributed by atoms with van der Waals surface area (Å²) in [5.41, 5.74) is -0.106. The molecule has 0 saturated carbocycles. The average molecular weight is 349 g/mol. The number of allylic oxidation sites excluding steroid dienone is 1. The molecule has 0 spiro atoms. The van der Waals surface area contributed by atoms with Crippen molar-refractivity contribution in [3.63, 3.8) is 0 Å². The lowest BCUT2D eigenvalue weighted by molar-refractivity contribution is -0.386. The highest BCUT2D eigenvalue weighted by Crippen LogP contribution is 2.40. The summed E-state index contributed by atoms with van der Waals surface area (Å²) in [5, 5.41) is 31.9. The zero-order valence-corrected chi connectivity index (χ0v) is 13.2. The van der Waals surface area contributed by atoms with Gasteiger partial charge in [0.2, 0.25) is 11.5 Å². The van der Waals surface area contributed by atoms with Gasteiger partial charge in [0.05, 0.1) is 10.5 Å². The van der Waals surface area contributed by atoms with Crippen LogP contribution in [0.25, 0.3) is 16.8 Å². The third-order valence-corrected chi connectivity index (χ3v) is 4.15. The van der Waals surface area contributed by atoms with Crippen LogP contribution in [0.4, 0.5) is 5.69 Å². The number of benzene rings is 3. The topological polar surface area (TPSA) is 110 Å². The highest BCUT2D eigenvalue weighted by Gasteiger charge is 2.29. The van der Waals surface area contributed by atoms with Gasteiger partial charge in [-0.2, -0.15) is 0 Å². The minimum atomic E-state index is -0.829. The second-order valence-electron chi connectivity index (χ2n) is 5.77. The molecule has 0 fully saturated rings. The lowest BCUT2D eigenvalue weighted by Crippen LogP contribution is -1.98. The second kappa shape index (κ2) is 5.59. The number of ketones is 1. The Morgan fingerprint density at radius 3 is 2.62 bits per heavy atom. The van der Waals surface area contributed by atoms with Gasteiger partial charge >= 0.3 is 5.69 Å². The highest BCUT2D eigenvalue weighted by atomic mass is 16.6. The van der Waals surface area contributed by atoms with Gasteiger partial charge in [-0.3, -0.25) is 14.9 Å². The SMILES string of the molecule is O=C1/C(=C/c2cc(O)c(O)c([N+](=O)[O-])c2)Oc2c1ccc1ccccc21. The lowest BCUT2D eigenvalue weighted by Gasteiger charge is -2.04. The van der Waals surface area contributed by atoms with Gasteiger partial charge < -0.3 is 14.9 Å². The van der Waals surface area contributed by atoms with Crippen molar-refractivity contribution in [3.05, 3.63) is 75.5 Å². The van der Waals surface area contributed by atoms with Crippen LogP contribution in [0.1, 0.15) is 15.9 Å². The molecule has 0 aliphatic carbocycles. The highest BCUT2D eigenvalue weighted by molar-refractivity contribution is 6.17. The van der Waals surface area contributed by atoms with Crippen LogP contribution in [0.3, 0.4) is 0 Å². The Hall–Kier alpha value is -3.87. The average Bonchev–Trinajstić information content (AvgIpc) is 2.94. The molecule has 7 heteroatoms. The predicted octanol–water partition coefficient (Wildman–Crippen LogP) is 3.78. The van der Waals surface area contributed by atoms with Crippen LogP contribution in [-0.4, -0.2) is 20.9 Å². The smallest absolute Gasteiger partial charge is 0.315 e. The van der Waals surface area contributed by atoms with Gasteiger partial charge in [-0.05, 0) is 29.2 Å². The molecule has 3 aromatic rings. The van der Waals surface area contributed by atoms with Crippen molar-refractivity contribution in [2.24, 2.45) is 0 Å². The Labute approximate surface area is 146 Å². The van der Waals surface area contributed by atoms with Gasteiger partial charge in [-0.15, -0.1) is 0 Å². The first kappa shape index (κ1) is 15.6. The molecule has 128 valence electrons. The van der Waals surface area contributed by atoms with E-state index in [4.69, 9.17) is 4.74 Å². The van der Waals surface area contributed by atoms with Crippen LogP contribution in [-0.2, 0) is 0 Å². The maximum absolute atomic E-state index is 12.6. The third kappa shape index (κ3) is 2.34. The number of Topliss-reactive ketones (excluding diaryl/α,β-unsaturated/α-hetero) is 1. The summed E-state index contributed by atoms with van der Waals surface area (Å²) >= 11 is 0. The Bertz CT molecular complexity index is 1130. The standard InChI is InChI=1S/C19H11NO6/c21-15-8-10(7-14(18(15)23)20(24)25)9-16-17(22)13-6-5-11-3-1-2-4-12(11)19(13)26-16/h1-9,21,23H/b16-9-. The summed E-state index contributed by atoms with van der Waals surface area (Å²) in [6.45, 7) is 0. The maximum Gasteiger partial charge on any atom is 0.315 e. The number of phenols is 2. The number of nitro groups is 1. The Balaban J connectivity index is 1.82. The molecule has 3 aromatic carbocycles. The number of nitro benzene ring substituents is 1. The van der Waals surface area contributed by atoms with Crippen molar-refractivity contribution in [1.29, 1.82) is 0 Å². The van der Waals surface area contributed by atoms with E-state index in [1.54, 1.807) is 6.07 Å². The van der Waals surface area contributed by atoms with Crippen molar-refractivity contribution >= 4 is 28.3 Å². The summed E-state index contributed by atoms with van der Waals surface area (Å²) in [6, 6.07) is 13.1. The van der Waals surface area contributed by atoms with E-state index in [0.29, 0.717) is 11.3 Å². The van der Waals surface area contributed by atoms with Gasteiger partial charge in [-0.1, -0.05) is 30.3 Å². The number of carbonyl (C=O) groups excluding carboxylic acids is 1. The number of nitrogens with zero attached hydrogens (tertiary/aromatic N) is 1. The van der Waals surface area contributed by atoms with Crippen LogP contribution < -0.4 is 4.74 Å². The van der Waals surface area contributed by atoms with Crippen molar-refractivity contribution in [1.82, 2.24) is 0 Å². The molecule has 0 amide bonds. The molecule has 0 aromatic heterocycles. The molecule has 0 saturated heterocycles. The fourth-order valence-electron chi connectivity index (χ4n) is 2.92. The number of phenolic OH excluding ortho intramolecular Hbond substituents is 2. The van der Waals surface area contributed by atoms with E-state index in [-0.39, 0.29) is 17.1 Å². The minimum Gasteiger partial charge on any atom is -0.504 e. The van der Waals surface area contributed by atoms with Crippen LogP contribution in [0.2, 0.25) is 0 Å². The zero-order valence-electron chi connectivity index (χ0n) is 13.2. The van der Waals surface area contributed by atoms with Gasteiger partial charge in [0, 0.05) is 11.5 Å². The summed E-state index contributed by atoms with van der Waals surface area (Å²) < 4.78 is 5.70. The van der Waals surface area contributed by atoms with Crippen LogP contribution in [0.15, 0.2) is 54.3 Å². The van der Waals surface area contributed by atoms with E-state index in [2.05, 4.69) is 0 Å². The number of aromatic hydroxyl groups is 2. The summed E-state index contributed by atoms with van der Waals surface area (Å²) in [6.07, 6.45) is 1.29. The number of hydrogen-bond donors (Lipinski definition) is 2. The third-order valence-electron chi connectivity index (χ3n) is 4.15. The summed E-state index contributed by atoms with van der Waals surface area (Å²) in [5.74, 6) is -1.43. The van der Waals surface area contributed by atoms with E-state index in [0.717, 1.165) is 22.9 Å². The molecule has 1 heterocycles. The van der Waals surface area contributed by atoms with Gasteiger partial charge in [-0.25, -0.2) is 0 Å². The number of carbonyl (C=O) groups is 1. The quantitative estimate of drug-likeness (QED) is 0.315. The molecule has 0 unspecified atom stereocenters. The van der Waals surface area contributed by atoms with Crippen LogP contribution in [0, 0.1) is 10.1 Å². The summed E-state index contributed by atoms with van der Waals surface area (Å²) in [4.78, 5) is 22.7. The Kier molecular flexibility index (Phi) is 3.37. The van der Waals surface area contributed by atoms with E-state index in [1.807, 2.05) is 30.3 Å². The lowest BCUT2D eigenvalue weighted by atomic mass is 10.0. The second-order valence-corrected chi connectivity index (χ2v) is 5.77. The number of rotatable bonds is 2. The molecule has 26 heavy (non-hydrogen) atoms. The van der Waals surface area contributed by atoms with Crippen molar-refractivity contribution in [2.45, 2.75) is 0 Å². The van der Waals surface area contributed by atoms with E-state index in [1.165, 1.54) is 6.08 Å². The largest absolute Gasteiger partial charge is 0.504 e. The summed E-state index contributed by atoms with van der Waals surface area (Å²) in [7, 11) is 0. The van der Waals surface area contributed by atoms with Gasteiger partial charge in [0.1, 0.15) is 5.75 Å². The molecule has 0 bridgehead atoms. The molecular formula is C19H11NO6. The minimum absolute atomic E-state index is 0.0178. The maximum atomic E-state index is 12.6. The van der Waals surface area contributed by atoms with Gasteiger partial charge in [0.25, 0.3) is 0 Å². The molecule has 0 radical (unpaired) electrons. The van der Waals surface area contributed by atoms with Crippen molar-refractivity contribution in [3.8, 4) is 17.2 Å². The van der Waals surface area contributed by atoms with Gasteiger partial charge in [0.15, 0.2) is 11.5 Å². The molecule has 1 aliphatic rings. The number of ether oxygens (including phenoxy) is 1. The van der Waals surface area contributed by atoms with E-state index in [9.17, 15) is 25.1 Å². The molecule has 1 aliphatic heterocycles. The fourth-order valence-corrected chi connectivity index (χ4v) is 2.92. The fraction of sp³-hybridized carbons (Fsp3) is 0. The Morgan fingerprint density at radius 1 is 1.08 bits per heavy atom. The first-order valence-corrected chi connectivity index (χ1v) is 7.62. The molecule has 2 N–H and O–H groups in total. The molecule has 0 atom stereocenters. The van der Waals surface area contributed by atoms with Crippen molar-refractivity contribution < 1.29 is 24.7 Å². The molecule has 7 nitrogen and oxygen atoms in total. The number of hydrogen-bond acceptors (Lipinski definition) is 6. The van der Waals surface area contributed by atoms with E-state index >= 15 is 0 Å².